The Morgan fingerprint density at radius 3 is 2.18 bits per heavy atom. The number of hydrogen-bond donors (Lipinski definition) is 1. The summed E-state index contributed by atoms with van der Waals surface area (Å²) < 4.78 is 13.7. The number of imide groups is 2. The predicted octanol–water partition coefficient (Wildman–Crippen LogP) is 4.34. The minimum absolute atomic E-state index is 0.0875. The van der Waals surface area contributed by atoms with E-state index in [-0.39, 0.29) is 36.1 Å². The molecule has 7 nitrogen and oxygen atoms in total. The normalized spacial score (nSPS) is 33.7. The molecule has 2 saturated heterocycles. The monoisotopic (exact) mass is 570 g/mol. The van der Waals surface area contributed by atoms with Crippen molar-refractivity contribution in [3.63, 3.8) is 0 Å². The summed E-state index contributed by atoms with van der Waals surface area (Å²) in [7, 11) is 1.44. The first-order valence-electron chi connectivity index (χ1n) is 12.7. The maximum absolute atomic E-state index is 14.2. The molecule has 10 heteroatoms. The molecule has 4 amide bonds. The van der Waals surface area contributed by atoms with Crippen molar-refractivity contribution in [2.45, 2.75) is 42.4 Å². The number of amides is 4. The molecule has 2 heterocycles. The second-order valence-electron chi connectivity index (χ2n) is 11.0. The summed E-state index contributed by atoms with van der Waals surface area (Å²) in [6, 6.07) is 8.29. The van der Waals surface area contributed by atoms with Gasteiger partial charge in [-0.3, -0.25) is 24.1 Å². The van der Waals surface area contributed by atoms with Crippen LogP contribution in [0.2, 0.25) is 0 Å². The maximum atomic E-state index is 14.2. The third-order valence-electron chi connectivity index (χ3n) is 8.96. The number of hydrogen-bond acceptors (Lipinski definition) is 5. The van der Waals surface area contributed by atoms with Crippen LogP contribution < -0.4 is 4.90 Å². The van der Waals surface area contributed by atoms with Crippen molar-refractivity contribution in [1.29, 1.82) is 0 Å². The van der Waals surface area contributed by atoms with Crippen molar-refractivity contribution in [2.75, 3.05) is 11.9 Å². The zero-order valence-corrected chi connectivity index (χ0v) is 22.9. The number of anilines is 1. The third-order valence-corrected chi connectivity index (χ3v) is 10.4. The Morgan fingerprint density at radius 1 is 0.949 bits per heavy atom. The molecule has 6 atom stereocenters. The van der Waals surface area contributed by atoms with Crippen LogP contribution in [0.3, 0.4) is 0 Å². The van der Waals surface area contributed by atoms with E-state index < -0.39 is 51.1 Å². The Hall–Kier alpha value is -3.23. The highest BCUT2D eigenvalue weighted by atomic mass is 35.5. The van der Waals surface area contributed by atoms with Gasteiger partial charge in [0.05, 0.1) is 17.5 Å². The number of aromatic hydroxyl groups is 1. The van der Waals surface area contributed by atoms with Crippen molar-refractivity contribution >= 4 is 52.5 Å². The lowest BCUT2D eigenvalue weighted by atomic mass is 9.56. The molecule has 3 fully saturated rings. The molecular weight excluding hydrogens is 546 g/mol. The summed E-state index contributed by atoms with van der Waals surface area (Å²) in [6.07, 6.45) is 2.01. The van der Waals surface area contributed by atoms with Crippen LogP contribution in [-0.2, 0) is 19.2 Å². The number of rotatable bonds is 2. The van der Waals surface area contributed by atoms with Crippen LogP contribution in [0, 0.1) is 37.4 Å². The molecule has 0 radical (unpaired) electrons. The van der Waals surface area contributed by atoms with E-state index in [0.717, 1.165) is 21.9 Å². The highest BCUT2D eigenvalue weighted by Gasteiger charge is 2.76. The molecule has 2 aliphatic heterocycles. The van der Waals surface area contributed by atoms with Gasteiger partial charge in [-0.1, -0.05) is 23.8 Å². The Balaban J connectivity index is 1.60. The molecule has 2 aromatic rings. The van der Waals surface area contributed by atoms with E-state index in [0.29, 0.717) is 22.3 Å². The number of phenolic OH excluding ortho intramolecular Hbond substituents is 1. The molecule has 1 saturated carbocycles. The fourth-order valence-corrected chi connectivity index (χ4v) is 8.02. The van der Waals surface area contributed by atoms with Crippen LogP contribution in [0.15, 0.2) is 48.0 Å². The molecule has 0 spiro atoms. The van der Waals surface area contributed by atoms with Crippen molar-refractivity contribution < 1.29 is 28.7 Å². The van der Waals surface area contributed by atoms with Gasteiger partial charge in [-0.25, -0.2) is 9.29 Å². The minimum Gasteiger partial charge on any atom is -0.507 e. The zero-order valence-electron chi connectivity index (χ0n) is 21.4. The van der Waals surface area contributed by atoms with E-state index in [1.54, 1.807) is 26.0 Å². The first-order valence-corrected chi connectivity index (χ1v) is 13.4. The Morgan fingerprint density at radius 2 is 1.56 bits per heavy atom. The van der Waals surface area contributed by atoms with E-state index in [9.17, 15) is 28.7 Å². The van der Waals surface area contributed by atoms with Crippen molar-refractivity contribution in [3.8, 4) is 5.75 Å². The minimum atomic E-state index is -2.00. The van der Waals surface area contributed by atoms with Gasteiger partial charge in [-0.2, -0.15) is 0 Å². The number of carbonyl (C=O) groups is 4. The van der Waals surface area contributed by atoms with Crippen LogP contribution >= 0.6 is 23.2 Å². The predicted molar refractivity (Wildman–Crippen MR) is 142 cm³/mol. The van der Waals surface area contributed by atoms with Crippen molar-refractivity contribution in [1.82, 2.24) is 4.90 Å². The van der Waals surface area contributed by atoms with Crippen LogP contribution in [0.5, 0.6) is 5.75 Å². The summed E-state index contributed by atoms with van der Waals surface area (Å²) in [5.41, 5.74) is 2.44. The molecule has 0 aromatic heterocycles. The lowest BCUT2D eigenvalue weighted by molar-refractivity contribution is -0.138. The largest absolute Gasteiger partial charge is 0.507 e. The van der Waals surface area contributed by atoms with Crippen molar-refractivity contribution in [3.05, 3.63) is 70.6 Å². The fourth-order valence-electron chi connectivity index (χ4n) is 7.09. The third kappa shape index (κ3) is 3.21. The molecule has 2 aliphatic carbocycles. The Kier molecular flexibility index (Phi) is 5.59. The first-order chi connectivity index (χ1) is 18.3. The van der Waals surface area contributed by atoms with Gasteiger partial charge in [0.25, 0.3) is 11.8 Å². The van der Waals surface area contributed by atoms with Gasteiger partial charge in [0, 0.05) is 13.0 Å². The van der Waals surface area contributed by atoms with Crippen LogP contribution in [0.4, 0.5) is 10.1 Å². The number of alkyl halides is 2. The van der Waals surface area contributed by atoms with E-state index in [4.69, 9.17) is 23.2 Å². The molecule has 0 bridgehead atoms. The summed E-state index contributed by atoms with van der Waals surface area (Å²) in [5.74, 6) is -5.52. The number of allylic oxidation sites excluding steroid dienone is 2. The molecule has 6 rings (SSSR count). The average molecular weight is 571 g/mol. The molecule has 4 aliphatic rings. The highest BCUT2D eigenvalue weighted by molar-refractivity contribution is 6.58. The Bertz CT molecular complexity index is 1500. The molecular formula is C29H25Cl2FN2O5. The SMILES string of the molecule is Cc1cc(C2C3=CCC4C(=O)N(C)C(=O)C4C3CC3(Cl)C(=O)N(c4ccc(F)cc4)C(=O)C23Cl)cc(C)c1O. The van der Waals surface area contributed by atoms with Gasteiger partial charge in [-0.15, -0.1) is 23.2 Å². The lowest BCUT2D eigenvalue weighted by Crippen LogP contribution is -2.60. The summed E-state index contributed by atoms with van der Waals surface area (Å²) in [6.45, 7) is 3.43. The van der Waals surface area contributed by atoms with Gasteiger partial charge < -0.3 is 5.11 Å². The topological polar surface area (TPSA) is 95.0 Å². The second kappa shape index (κ2) is 8.38. The smallest absolute Gasteiger partial charge is 0.258 e. The zero-order chi connectivity index (χ0) is 28.2. The van der Waals surface area contributed by atoms with Gasteiger partial charge in [0.2, 0.25) is 11.8 Å². The highest BCUT2D eigenvalue weighted by Crippen LogP contribution is 2.65. The number of carbonyl (C=O) groups excluding carboxylic acids is 4. The number of fused-ring (bicyclic) bond motifs is 4. The van der Waals surface area contributed by atoms with Crippen molar-refractivity contribution in [2.24, 2.45) is 17.8 Å². The summed E-state index contributed by atoms with van der Waals surface area (Å²) in [5, 5.41) is 10.5. The van der Waals surface area contributed by atoms with Crippen LogP contribution in [-0.4, -0.2) is 50.4 Å². The maximum Gasteiger partial charge on any atom is 0.258 e. The number of nitrogens with zero attached hydrogens (tertiary/aromatic N) is 2. The van der Waals surface area contributed by atoms with Crippen LogP contribution in [0.25, 0.3) is 0 Å². The summed E-state index contributed by atoms with van der Waals surface area (Å²) in [4.78, 5) is 52.6. The number of aryl methyl sites for hydroxylation is 2. The van der Waals surface area contributed by atoms with E-state index in [2.05, 4.69) is 0 Å². The number of benzene rings is 2. The molecule has 39 heavy (non-hydrogen) atoms. The van der Waals surface area contributed by atoms with Gasteiger partial charge in [0.15, 0.2) is 9.75 Å². The van der Waals surface area contributed by atoms with E-state index in [1.807, 2.05) is 6.08 Å². The van der Waals surface area contributed by atoms with Gasteiger partial charge in [-0.05, 0) is 73.6 Å². The quantitative estimate of drug-likeness (QED) is 0.329. The molecule has 202 valence electrons. The van der Waals surface area contributed by atoms with Gasteiger partial charge >= 0.3 is 0 Å². The lowest BCUT2D eigenvalue weighted by Gasteiger charge is -2.50. The van der Waals surface area contributed by atoms with E-state index in [1.165, 1.54) is 19.2 Å². The van der Waals surface area contributed by atoms with Gasteiger partial charge in [0.1, 0.15) is 11.6 Å². The Labute approximate surface area is 234 Å². The fraction of sp³-hybridized carbons (Fsp3) is 0.379. The summed E-state index contributed by atoms with van der Waals surface area (Å²) >= 11 is 14.6. The average Bonchev–Trinajstić information content (AvgIpc) is 3.20. The number of phenols is 1. The number of halogens is 3. The molecule has 1 N–H and O–H groups in total. The number of likely N-dealkylation sites (tertiary alicyclic amines) is 1. The first kappa shape index (κ1) is 26.0. The van der Waals surface area contributed by atoms with E-state index >= 15 is 0 Å². The molecule has 2 aromatic carbocycles. The van der Waals surface area contributed by atoms with Crippen LogP contribution in [0.1, 0.15) is 35.4 Å². The molecule has 6 unspecified atom stereocenters. The second-order valence-corrected chi connectivity index (χ2v) is 12.2. The standard InChI is InChI=1S/C29H25Cl2FN2O5/c1-13-10-15(11-14(2)23(13)35)22-18-8-9-19-21(25(37)33(3)24(19)36)20(18)12-28(30)26(38)34(27(39)29(22,28)31)17-6-4-16(32)5-7-17/h4-8,10-11,19-22,35H,9,12H2,1-3H3.